The quantitative estimate of drug-likeness (QED) is 0.363. The molecule has 0 spiro atoms. The average Bonchev–Trinajstić information content (AvgIpc) is 2.95. The van der Waals surface area contributed by atoms with Gasteiger partial charge in [0, 0.05) is 30.2 Å². The zero-order chi connectivity index (χ0) is 18.9. The predicted octanol–water partition coefficient (Wildman–Crippen LogP) is 2.54. The lowest BCUT2D eigenvalue weighted by Crippen LogP contribution is -2.38. The number of carbonyl (C=O) groups is 1. The molecule has 26 heavy (non-hydrogen) atoms. The Morgan fingerprint density at radius 2 is 2.00 bits per heavy atom. The number of benzene rings is 1. The molecule has 7 nitrogen and oxygen atoms in total. The molecule has 1 heterocycles. The van der Waals surface area contributed by atoms with Gasteiger partial charge in [-0.2, -0.15) is 0 Å². The Kier molecular flexibility index (Phi) is 7.65. The summed E-state index contributed by atoms with van der Waals surface area (Å²) in [6, 6.07) is 7.31. The van der Waals surface area contributed by atoms with Crippen LogP contribution in [0.25, 0.3) is 0 Å². The number of oxazole rings is 1. The summed E-state index contributed by atoms with van der Waals surface area (Å²) in [6.07, 6.45) is 0.775. The number of carbonyl (C=O) groups excluding carboxylic acids is 1. The number of hydrogen-bond acceptors (Lipinski definition) is 4. The molecule has 140 valence electrons. The number of aromatic nitrogens is 1. The molecule has 0 radical (unpaired) electrons. The van der Waals surface area contributed by atoms with Gasteiger partial charge in [0.25, 0.3) is 5.91 Å². The zero-order valence-corrected chi connectivity index (χ0v) is 16.8. The van der Waals surface area contributed by atoms with E-state index in [1.54, 1.807) is 19.2 Å². The fourth-order valence-electron chi connectivity index (χ4n) is 2.22. The first-order valence-electron chi connectivity index (χ1n) is 8.40. The van der Waals surface area contributed by atoms with Crippen LogP contribution in [0.1, 0.15) is 34.1 Å². The van der Waals surface area contributed by atoms with Crippen LogP contribution < -0.4 is 16.0 Å². The van der Waals surface area contributed by atoms with E-state index in [0.717, 1.165) is 22.3 Å². The van der Waals surface area contributed by atoms with E-state index < -0.39 is 0 Å². The minimum Gasteiger partial charge on any atom is -0.444 e. The Morgan fingerprint density at radius 3 is 2.65 bits per heavy atom. The summed E-state index contributed by atoms with van der Waals surface area (Å²) in [4.78, 5) is 20.5. The summed E-state index contributed by atoms with van der Waals surface area (Å²) in [5.41, 5.74) is 1.53. The lowest BCUT2D eigenvalue weighted by molar-refractivity contribution is 0.0953. The summed E-state index contributed by atoms with van der Waals surface area (Å²) >= 11 is 3.36. The molecular formula is C18H24BrN5O2. The predicted molar refractivity (Wildman–Crippen MR) is 105 cm³/mol. The summed E-state index contributed by atoms with van der Waals surface area (Å²) in [5.74, 6) is 2.04. The normalized spacial score (nSPS) is 11.3. The van der Waals surface area contributed by atoms with E-state index in [-0.39, 0.29) is 5.91 Å². The third kappa shape index (κ3) is 6.18. The Morgan fingerprint density at radius 1 is 1.23 bits per heavy atom. The molecule has 0 saturated heterocycles. The van der Waals surface area contributed by atoms with Crippen molar-refractivity contribution in [2.24, 2.45) is 4.99 Å². The van der Waals surface area contributed by atoms with Crippen LogP contribution in [0.4, 0.5) is 0 Å². The van der Waals surface area contributed by atoms with Crippen LogP contribution >= 0.6 is 15.9 Å². The molecule has 1 aromatic carbocycles. The third-order valence-corrected chi connectivity index (χ3v) is 4.22. The second-order valence-electron chi connectivity index (χ2n) is 5.72. The van der Waals surface area contributed by atoms with Crippen molar-refractivity contribution < 1.29 is 9.21 Å². The van der Waals surface area contributed by atoms with Crippen LogP contribution in [0.15, 0.2) is 38.1 Å². The van der Waals surface area contributed by atoms with Crippen LogP contribution in [-0.2, 0) is 6.54 Å². The molecule has 0 fully saturated rings. The van der Waals surface area contributed by atoms with Gasteiger partial charge in [-0.05, 0) is 38.5 Å². The standard InChI is InChI=1S/C18H24BrN5O2/c1-12-13(2)26-16(24-12)11-23-18(20-3)22-9-5-8-21-17(25)14-6-4-7-15(19)10-14/h4,6-7,10H,5,8-9,11H2,1-3H3,(H,21,25)(H2,20,22,23). The lowest BCUT2D eigenvalue weighted by Gasteiger charge is -2.11. The second kappa shape index (κ2) is 9.96. The number of aliphatic imine (C=N–C) groups is 1. The molecule has 0 unspecified atom stereocenters. The lowest BCUT2D eigenvalue weighted by atomic mass is 10.2. The van der Waals surface area contributed by atoms with Crippen molar-refractivity contribution in [2.75, 3.05) is 20.1 Å². The smallest absolute Gasteiger partial charge is 0.251 e. The van der Waals surface area contributed by atoms with Crippen molar-refractivity contribution in [3.05, 3.63) is 51.6 Å². The van der Waals surface area contributed by atoms with Crippen LogP contribution in [-0.4, -0.2) is 37.0 Å². The molecule has 0 aliphatic heterocycles. The van der Waals surface area contributed by atoms with E-state index in [1.165, 1.54) is 0 Å². The van der Waals surface area contributed by atoms with Gasteiger partial charge in [0.15, 0.2) is 5.96 Å². The Balaban J connectivity index is 1.65. The summed E-state index contributed by atoms with van der Waals surface area (Å²) in [5, 5.41) is 9.24. The fourth-order valence-corrected chi connectivity index (χ4v) is 2.62. The molecule has 1 amide bonds. The maximum Gasteiger partial charge on any atom is 0.251 e. The molecule has 2 rings (SSSR count). The van der Waals surface area contributed by atoms with Gasteiger partial charge in [-0.1, -0.05) is 22.0 Å². The van der Waals surface area contributed by atoms with Crippen LogP contribution in [0.5, 0.6) is 0 Å². The van der Waals surface area contributed by atoms with E-state index in [2.05, 4.69) is 41.9 Å². The molecule has 2 aromatic rings. The van der Waals surface area contributed by atoms with Gasteiger partial charge in [-0.25, -0.2) is 4.98 Å². The van der Waals surface area contributed by atoms with E-state index >= 15 is 0 Å². The van der Waals surface area contributed by atoms with Crippen LogP contribution in [0.3, 0.4) is 0 Å². The van der Waals surface area contributed by atoms with Crippen molar-refractivity contribution in [3.63, 3.8) is 0 Å². The SMILES string of the molecule is CN=C(NCCCNC(=O)c1cccc(Br)c1)NCc1nc(C)c(C)o1. The molecule has 0 aliphatic carbocycles. The summed E-state index contributed by atoms with van der Waals surface area (Å²) < 4.78 is 6.41. The molecular weight excluding hydrogens is 398 g/mol. The molecule has 0 aliphatic rings. The highest BCUT2D eigenvalue weighted by atomic mass is 79.9. The second-order valence-corrected chi connectivity index (χ2v) is 6.64. The largest absolute Gasteiger partial charge is 0.444 e. The van der Waals surface area contributed by atoms with Crippen molar-refractivity contribution in [2.45, 2.75) is 26.8 Å². The van der Waals surface area contributed by atoms with Crippen LogP contribution in [0.2, 0.25) is 0 Å². The molecule has 0 atom stereocenters. The van der Waals surface area contributed by atoms with E-state index in [4.69, 9.17) is 4.42 Å². The van der Waals surface area contributed by atoms with Gasteiger partial charge in [0.2, 0.25) is 5.89 Å². The zero-order valence-electron chi connectivity index (χ0n) is 15.2. The monoisotopic (exact) mass is 421 g/mol. The summed E-state index contributed by atoms with van der Waals surface area (Å²) in [7, 11) is 1.70. The first-order valence-corrected chi connectivity index (χ1v) is 9.20. The van der Waals surface area contributed by atoms with Gasteiger partial charge < -0.3 is 20.4 Å². The fraction of sp³-hybridized carbons (Fsp3) is 0.389. The van der Waals surface area contributed by atoms with Crippen molar-refractivity contribution >= 4 is 27.8 Å². The highest BCUT2D eigenvalue weighted by Crippen LogP contribution is 2.11. The number of guanidine groups is 1. The first kappa shape index (κ1) is 20.0. The molecule has 0 saturated carbocycles. The van der Waals surface area contributed by atoms with E-state index in [0.29, 0.717) is 37.0 Å². The average molecular weight is 422 g/mol. The van der Waals surface area contributed by atoms with Gasteiger partial charge >= 0.3 is 0 Å². The van der Waals surface area contributed by atoms with Crippen molar-refractivity contribution in [1.82, 2.24) is 20.9 Å². The maximum atomic E-state index is 12.0. The van der Waals surface area contributed by atoms with Gasteiger partial charge in [0.05, 0.1) is 12.2 Å². The van der Waals surface area contributed by atoms with Gasteiger partial charge in [0.1, 0.15) is 5.76 Å². The van der Waals surface area contributed by atoms with Gasteiger partial charge in [-0.15, -0.1) is 0 Å². The van der Waals surface area contributed by atoms with Crippen LogP contribution in [0, 0.1) is 13.8 Å². The molecule has 0 bridgehead atoms. The van der Waals surface area contributed by atoms with Crippen molar-refractivity contribution in [1.29, 1.82) is 0 Å². The number of hydrogen-bond donors (Lipinski definition) is 3. The highest BCUT2D eigenvalue weighted by Gasteiger charge is 2.07. The number of nitrogens with one attached hydrogen (secondary N) is 3. The van der Waals surface area contributed by atoms with Gasteiger partial charge in [-0.3, -0.25) is 9.79 Å². The number of amides is 1. The molecule has 8 heteroatoms. The first-order chi connectivity index (χ1) is 12.5. The number of rotatable bonds is 7. The minimum atomic E-state index is -0.0801. The van der Waals surface area contributed by atoms with E-state index in [1.807, 2.05) is 26.0 Å². The maximum absolute atomic E-state index is 12.0. The number of nitrogens with zero attached hydrogens (tertiary/aromatic N) is 2. The van der Waals surface area contributed by atoms with E-state index in [9.17, 15) is 4.79 Å². The molecule has 1 aromatic heterocycles. The number of aryl methyl sites for hydroxylation is 2. The van der Waals surface area contributed by atoms with Crippen molar-refractivity contribution in [3.8, 4) is 0 Å². The topological polar surface area (TPSA) is 91.5 Å². The highest BCUT2D eigenvalue weighted by molar-refractivity contribution is 9.10. The Labute approximate surface area is 161 Å². The third-order valence-electron chi connectivity index (χ3n) is 3.72. The Hall–Kier alpha value is -2.35. The number of halogens is 1. The Bertz CT molecular complexity index is 753. The minimum absolute atomic E-state index is 0.0801. The summed E-state index contributed by atoms with van der Waals surface area (Å²) in [6.45, 7) is 5.53. The molecule has 3 N–H and O–H groups in total.